The number of hydrogen-bond acceptors (Lipinski definition) is 4. The van der Waals surface area contributed by atoms with Crippen LogP contribution in [0.2, 0.25) is 0 Å². The summed E-state index contributed by atoms with van der Waals surface area (Å²) in [5, 5.41) is 7.85. The van der Waals surface area contributed by atoms with Crippen molar-refractivity contribution in [2.45, 2.75) is 0 Å². The summed E-state index contributed by atoms with van der Waals surface area (Å²) in [7, 11) is 0. The van der Waals surface area contributed by atoms with Crippen LogP contribution in [0.4, 0.5) is 0 Å². The SMILES string of the molecule is O=C(N/N=C\c1ccccc1)c1cccc(C(=O)N/N=C\c2ccccc2)c1. The molecule has 28 heavy (non-hydrogen) atoms. The fourth-order valence-corrected chi connectivity index (χ4v) is 2.34. The van der Waals surface area contributed by atoms with Crippen molar-refractivity contribution >= 4 is 24.2 Å². The summed E-state index contributed by atoms with van der Waals surface area (Å²) in [6, 6.07) is 25.1. The summed E-state index contributed by atoms with van der Waals surface area (Å²) < 4.78 is 0. The lowest BCUT2D eigenvalue weighted by Gasteiger charge is -2.03. The van der Waals surface area contributed by atoms with Gasteiger partial charge in [0.1, 0.15) is 0 Å². The van der Waals surface area contributed by atoms with Gasteiger partial charge in [0, 0.05) is 11.1 Å². The van der Waals surface area contributed by atoms with Gasteiger partial charge in [0.25, 0.3) is 11.8 Å². The van der Waals surface area contributed by atoms with Gasteiger partial charge in [-0.2, -0.15) is 10.2 Å². The summed E-state index contributed by atoms with van der Waals surface area (Å²) in [6.45, 7) is 0. The molecule has 2 amide bonds. The molecule has 0 aliphatic heterocycles. The number of rotatable bonds is 6. The van der Waals surface area contributed by atoms with Gasteiger partial charge in [0.2, 0.25) is 0 Å². The molecule has 0 atom stereocenters. The molecule has 0 heterocycles. The second-order valence-electron chi connectivity index (χ2n) is 5.80. The number of benzene rings is 3. The molecule has 0 fully saturated rings. The van der Waals surface area contributed by atoms with Crippen molar-refractivity contribution in [3.63, 3.8) is 0 Å². The van der Waals surface area contributed by atoms with Gasteiger partial charge < -0.3 is 0 Å². The van der Waals surface area contributed by atoms with E-state index in [9.17, 15) is 9.59 Å². The maximum absolute atomic E-state index is 12.2. The molecule has 0 aromatic heterocycles. The summed E-state index contributed by atoms with van der Waals surface area (Å²) in [6.07, 6.45) is 3.10. The number of carbonyl (C=O) groups is 2. The molecule has 6 heteroatoms. The van der Waals surface area contributed by atoms with Crippen molar-refractivity contribution in [3.8, 4) is 0 Å². The maximum atomic E-state index is 12.2. The number of nitrogens with zero attached hydrogens (tertiary/aromatic N) is 2. The Morgan fingerprint density at radius 3 is 1.46 bits per heavy atom. The van der Waals surface area contributed by atoms with E-state index in [1.807, 2.05) is 60.7 Å². The molecule has 0 bridgehead atoms. The third-order valence-electron chi connectivity index (χ3n) is 3.75. The average Bonchev–Trinajstić information content (AvgIpc) is 2.75. The van der Waals surface area contributed by atoms with E-state index in [0.717, 1.165) is 11.1 Å². The number of hydrazone groups is 2. The molecule has 6 nitrogen and oxygen atoms in total. The number of hydrogen-bond donors (Lipinski definition) is 2. The van der Waals surface area contributed by atoms with Gasteiger partial charge in [-0.1, -0.05) is 66.7 Å². The van der Waals surface area contributed by atoms with Crippen molar-refractivity contribution < 1.29 is 9.59 Å². The van der Waals surface area contributed by atoms with Gasteiger partial charge in [-0.25, -0.2) is 10.9 Å². The Labute approximate surface area is 162 Å². The molecule has 3 rings (SSSR count). The normalized spacial score (nSPS) is 10.9. The topological polar surface area (TPSA) is 82.9 Å². The lowest BCUT2D eigenvalue weighted by Crippen LogP contribution is -2.20. The maximum Gasteiger partial charge on any atom is 0.271 e. The monoisotopic (exact) mass is 370 g/mol. The van der Waals surface area contributed by atoms with E-state index in [4.69, 9.17) is 0 Å². The molecule has 3 aromatic rings. The minimum absolute atomic E-state index is 0.324. The summed E-state index contributed by atoms with van der Waals surface area (Å²) >= 11 is 0. The van der Waals surface area contributed by atoms with Crippen molar-refractivity contribution in [3.05, 3.63) is 107 Å². The zero-order valence-electron chi connectivity index (χ0n) is 14.9. The van der Waals surface area contributed by atoms with Crippen molar-refractivity contribution in [1.82, 2.24) is 10.9 Å². The summed E-state index contributed by atoms with van der Waals surface area (Å²) in [5.74, 6) is -0.816. The highest BCUT2D eigenvalue weighted by Gasteiger charge is 2.09. The van der Waals surface area contributed by atoms with Crippen LogP contribution in [0.5, 0.6) is 0 Å². The van der Waals surface area contributed by atoms with Crippen LogP contribution < -0.4 is 10.9 Å². The first-order chi connectivity index (χ1) is 13.7. The lowest BCUT2D eigenvalue weighted by molar-refractivity contribution is 0.0954. The fraction of sp³-hybridized carbons (Fsp3) is 0. The highest BCUT2D eigenvalue weighted by atomic mass is 16.2. The highest BCUT2D eigenvalue weighted by Crippen LogP contribution is 2.06. The van der Waals surface area contributed by atoms with E-state index in [0.29, 0.717) is 11.1 Å². The Bertz CT molecular complexity index is 921. The Morgan fingerprint density at radius 2 is 1.04 bits per heavy atom. The molecule has 0 unspecified atom stereocenters. The van der Waals surface area contributed by atoms with Crippen LogP contribution in [0, 0.1) is 0 Å². The summed E-state index contributed by atoms with van der Waals surface area (Å²) in [4.78, 5) is 24.4. The van der Waals surface area contributed by atoms with E-state index in [1.54, 1.807) is 30.6 Å². The molecule has 0 spiro atoms. The van der Waals surface area contributed by atoms with Crippen LogP contribution in [0.25, 0.3) is 0 Å². The first-order valence-electron chi connectivity index (χ1n) is 8.59. The molecule has 2 N–H and O–H groups in total. The van der Waals surface area contributed by atoms with Gasteiger partial charge in [-0.3, -0.25) is 9.59 Å². The minimum atomic E-state index is -0.408. The van der Waals surface area contributed by atoms with Crippen LogP contribution in [-0.4, -0.2) is 24.2 Å². The quantitative estimate of drug-likeness (QED) is 0.516. The van der Waals surface area contributed by atoms with E-state index in [-0.39, 0.29) is 0 Å². The number of amides is 2. The first kappa shape index (κ1) is 18.7. The highest BCUT2D eigenvalue weighted by molar-refractivity contribution is 6.00. The van der Waals surface area contributed by atoms with Crippen LogP contribution in [-0.2, 0) is 0 Å². The molecule has 0 aliphatic rings. The minimum Gasteiger partial charge on any atom is -0.267 e. The van der Waals surface area contributed by atoms with Crippen LogP contribution in [0.1, 0.15) is 31.8 Å². The number of nitrogens with one attached hydrogen (secondary N) is 2. The van der Waals surface area contributed by atoms with E-state index >= 15 is 0 Å². The first-order valence-corrected chi connectivity index (χ1v) is 8.59. The average molecular weight is 370 g/mol. The molecule has 0 saturated heterocycles. The van der Waals surface area contributed by atoms with E-state index < -0.39 is 11.8 Å². The largest absolute Gasteiger partial charge is 0.271 e. The van der Waals surface area contributed by atoms with Crippen LogP contribution in [0.15, 0.2) is 95.1 Å². The molecule has 0 radical (unpaired) electrons. The molecule has 0 saturated carbocycles. The molecule has 0 aliphatic carbocycles. The molecular formula is C22H18N4O2. The van der Waals surface area contributed by atoms with Gasteiger partial charge >= 0.3 is 0 Å². The molecule has 138 valence electrons. The Hall–Kier alpha value is -4.06. The molecule has 3 aromatic carbocycles. The van der Waals surface area contributed by atoms with Crippen molar-refractivity contribution in [1.29, 1.82) is 0 Å². The van der Waals surface area contributed by atoms with Gasteiger partial charge in [-0.15, -0.1) is 0 Å². The fourth-order valence-electron chi connectivity index (χ4n) is 2.34. The van der Waals surface area contributed by atoms with E-state index in [1.165, 1.54) is 6.07 Å². The zero-order valence-corrected chi connectivity index (χ0v) is 14.9. The summed E-state index contributed by atoms with van der Waals surface area (Å²) in [5.41, 5.74) is 7.28. The van der Waals surface area contributed by atoms with Gasteiger partial charge in [0.05, 0.1) is 12.4 Å². The number of carbonyl (C=O) groups excluding carboxylic acids is 2. The lowest BCUT2D eigenvalue weighted by atomic mass is 10.1. The Balaban J connectivity index is 1.59. The third kappa shape index (κ3) is 5.47. The van der Waals surface area contributed by atoms with Crippen LogP contribution >= 0.6 is 0 Å². The van der Waals surface area contributed by atoms with Gasteiger partial charge in [0.15, 0.2) is 0 Å². The Morgan fingerprint density at radius 1 is 0.607 bits per heavy atom. The van der Waals surface area contributed by atoms with Gasteiger partial charge in [-0.05, 0) is 29.3 Å². The van der Waals surface area contributed by atoms with Crippen molar-refractivity contribution in [2.24, 2.45) is 10.2 Å². The zero-order chi connectivity index (χ0) is 19.6. The standard InChI is InChI=1S/C22H18N4O2/c27-21(25-23-15-17-8-3-1-4-9-17)19-12-7-13-20(14-19)22(28)26-24-16-18-10-5-2-6-11-18/h1-16H,(H,25,27)(H,26,28)/b23-15-,24-16-. The predicted molar refractivity (Wildman–Crippen MR) is 109 cm³/mol. The second-order valence-corrected chi connectivity index (χ2v) is 5.80. The van der Waals surface area contributed by atoms with Crippen molar-refractivity contribution in [2.75, 3.05) is 0 Å². The van der Waals surface area contributed by atoms with Crippen LogP contribution in [0.3, 0.4) is 0 Å². The smallest absolute Gasteiger partial charge is 0.267 e. The molecular weight excluding hydrogens is 352 g/mol. The third-order valence-corrected chi connectivity index (χ3v) is 3.75. The second kappa shape index (κ2) is 9.59. The van der Waals surface area contributed by atoms with E-state index in [2.05, 4.69) is 21.1 Å². The Kier molecular flexibility index (Phi) is 6.41. The predicted octanol–water partition coefficient (Wildman–Crippen LogP) is 3.21.